The summed E-state index contributed by atoms with van der Waals surface area (Å²) in [5.41, 5.74) is -6.34. The molecule has 192 valence electrons. The number of hydrogen-bond donors (Lipinski definition) is 1. The number of hydrogen-bond acceptors (Lipinski definition) is 5. The second-order valence-corrected chi connectivity index (χ2v) is 10.3. The maximum Gasteiger partial charge on any atom is 0.432 e. The highest BCUT2D eigenvalue weighted by Gasteiger charge is 2.39. The van der Waals surface area contributed by atoms with Gasteiger partial charge in [0, 0.05) is 23.4 Å². The monoisotopic (exact) mass is 518 g/mol. The van der Waals surface area contributed by atoms with Gasteiger partial charge in [-0.2, -0.15) is 18.3 Å². The molecule has 7 nitrogen and oxygen atoms in total. The number of halogens is 5. The Kier molecular flexibility index (Phi) is 7.76. The molecular weight excluding hydrogens is 492 g/mol. The number of H-pyrrole nitrogens is 1. The van der Waals surface area contributed by atoms with Gasteiger partial charge in [0.05, 0.1) is 29.0 Å². The number of aromatic nitrogens is 2. The minimum atomic E-state index is -5.14. The van der Waals surface area contributed by atoms with Crippen LogP contribution in [-0.4, -0.2) is 28.3 Å². The van der Waals surface area contributed by atoms with Crippen molar-refractivity contribution in [2.75, 3.05) is 7.11 Å². The Morgan fingerprint density at radius 3 is 2.03 bits per heavy atom. The van der Waals surface area contributed by atoms with Crippen LogP contribution < -0.4 is 11.2 Å². The van der Waals surface area contributed by atoms with Gasteiger partial charge in [0.15, 0.2) is 0 Å². The Morgan fingerprint density at radius 1 is 1.03 bits per heavy atom. The zero-order valence-corrected chi connectivity index (χ0v) is 21.4. The first kappa shape index (κ1) is 28.3. The Hall–Kier alpha value is -2.95. The van der Waals surface area contributed by atoms with Gasteiger partial charge in [-0.25, -0.2) is 9.18 Å². The van der Waals surface area contributed by atoms with Crippen molar-refractivity contribution in [3.8, 4) is 11.1 Å². The van der Waals surface area contributed by atoms with Crippen molar-refractivity contribution in [3.63, 3.8) is 0 Å². The molecule has 0 aliphatic rings. The number of rotatable bonds is 3. The first-order chi connectivity index (χ1) is 15.8. The molecule has 0 radical (unpaired) electrons. The number of nitrogens with zero attached hydrogens (tertiary/aromatic N) is 3. The third kappa shape index (κ3) is 6.01. The molecule has 12 heteroatoms. The second kappa shape index (κ2) is 9.60. The molecule has 1 aromatic carbocycles. The molecule has 0 unspecified atom stereocenters. The summed E-state index contributed by atoms with van der Waals surface area (Å²) in [4.78, 5) is 26.0. The van der Waals surface area contributed by atoms with Crippen LogP contribution in [0.2, 0.25) is 5.02 Å². The Labute approximate surface area is 204 Å². The fourth-order valence-electron chi connectivity index (χ4n) is 3.83. The molecule has 1 heterocycles. The largest absolute Gasteiger partial charge is 0.479 e. The van der Waals surface area contributed by atoms with E-state index in [2.05, 4.69) is 10.2 Å². The van der Waals surface area contributed by atoms with Gasteiger partial charge in [-0.05, 0) is 12.1 Å². The van der Waals surface area contributed by atoms with Crippen molar-refractivity contribution < 1.29 is 22.3 Å². The van der Waals surface area contributed by atoms with E-state index in [9.17, 15) is 27.2 Å². The number of nitrogens with one attached hydrogen (secondary N) is 1. The normalized spacial score (nSPS) is 13.1. The van der Waals surface area contributed by atoms with Crippen LogP contribution in [0.3, 0.4) is 0 Å². The van der Waals surface area contributed by atoms with Gasteiger partial charge in [-0.15, -0.1) is 5.10 Å². The van der Waals surface area contributed by atoms with Crippen molar-refractivity contribution in [2.24, 2.45) is 28.1 Å². The molecule has 0 fully saturated rings. The quantitative estimate of drug-likeness (QED) is 0.255. The third-order valence-corrected chi connectivity index (χ3v) is 5.32. The summed E-state index contributed by atoms with van der Waals surface area (Å²) in [6, 6.07) is 1.65. The lowest BCUT2D eigenvalue weighted by molar-refractivity contribution is -0.143. The lowest BCUT2D eigenvalue weighted by Crippen LogP contribution is -2.35. The fourth-order valence-corrected chi connectivity index (χ4v) is 4.06. The molecule has 1 N–H and O–H groups in total. The van der Waals surface area contributed by atoms with Crippen LogP contribution in [0, 0.1) is 16.6 Å². The van der Waals surface area contributed by atoms with Crippen LogP contribution in [0.5, 0.6) is 0 Å². The van der Waals surface area contributed by atoms with Gasteiger partial charge in [0.2, 0.25) is 5.90 Å². The highest BCUT2D eigenvalue weighted by Crippen LogP contribution is 2.37. The number of ether oxygens (including phenoxy) is 1. The van der Waals surface area contributed by atoms with E-state index in [0.717, 1.165) is 19.2 Å². The van der Waals surface area contributed by atoms with Crippen LogP contribution in [0.15, 0.2) is 31.9 Å². The number of benzene rings is 1. The summed E-state index contributed by atoms with van der Waals surface area (Å²) in [5, 5.41) is 8.19. The summed E-state index contributed by atoms with van der Waals surface area (Å²) in [5.74, 6) is -1.42. The zero-order valence-electron chi connectivity index (χ0n) is 20.6. The summed E-state index contributed by atoms with van der Waals surface area (Å²) >= 11 is 6.17. The maximum absolute atomic E-state index is 14.9. The molecule has 0 atom stereocenters. The molecule has 0 amide bonds. The smallest absolute Gasteiger partial charge is 0.432 e. The summed E-state index contributed by atoms with van der Waals surface area (Å²) in [7, 11) is 2.05. The third-order valence-electron chi connectivity index (χ3n) is 5.00. The van der Waals surface area contributed by atoms with E-state index in [0.29, 0.717) is 5.71 Å². The minimum absolute atomic E-state index is 0.0992. The Bertz CT molecular complexity index is 1290. The minimum Gasteiger partial charge on any atom is -0.479 e. The number of methoxy groups -OCH3 is 1. The topological polar surface area (TPSA) is 88.8 Å². The van der Waals surface area contributed by atoms with Crippen molar-refractivity contribution >= 4 is 23.2 Å². The van der Waals surface area contributed by atoms with Gasteiger partial charge < -0.3 is 4.74 Å². The van der Waals surface area contributed by atoms with Crippen LogP contribution in [-0.2, 0) is 18.0 Å². The first-order valence-corrected chi connectivity index (χ1v) is 10.8. The average molecular weight is 519 g/mol. The molecule has 0 saturated carbocycles. The van der Waals surface area contributed by atoms with Crippen LogP contribution in [0.1, 0.15) is 52.8 Å². The standard InChI is InChI=1S/C23H27ClF4N4O3/c1-21(2,3)19(22(4,5)6)31-30-18(35-8)11-9-12(14(25)10-13(11)24)15-16(23(26,27)28)32(7)20(34)29-17(15)33/h9-10H,1-8H3,(H,29,33,34). The van der Waals surface area contributed by atoms with E-state index in [-0.39, 0.29) is 31.9 Å². The van der Waals surface area contributed by atoms with E-state index >= 15 is 0 Å². The predicted molar refractivity (Wildman–Crippen MR) is 128 cm³/mol. The highest BCUT2D eigenvalue weighted by molar-refractivity contribution is 6.34. The van der Waals surface area contributed by atoms with Gasteiger partial charge in [0.1, 0.15) is 11.5 Å². The Morgan fingerprint density at radius 2 is 1.57 bits per heavy atom. The molecule has 0 spiro atoms. The van der Waals surface area contributed by atoms with Gasteiger partial charge in [0.25, 0.3) is 5.56 Å². The van der Waals surface area contributed by atoms with Crippen molar-refractivity contribution in [1.82, 2.24) is 9.55 Å². The SMILES string of the molecule is COC(=NN=C(C(C)(C)C)C(C)(C)C)c1cc(-c2c(C(F)(F)F)n(C)c(=O)[nH]c2=O)c(F)cc1Cl. The van der Waals surface area contributed by atoms with Crippen LogP contribution in [0.25, 0.3) is 11.1 Å². The fraction of sp³-hybridized carbons (Fsp3) is 0.478. The van der Waals surface area contributed by atoms with Crippen LogP contribution >= 0.6 is 11.6 Å². The zero-order chi connectivity index (χ0) is 27.1. The van der Waals surface area contributed by atoms with Crippen molar-refractivity contribution in [2.45, 2.75) is 47.7 Å². The van der Waals surface area contributed by atoms with E-state index in [1.54, 1.807) is 4.98 Å². The van der Waals surface area contributed by atoms with E-state index < -0.39 is 40.1 Å². The molecule has 1 aromatic heterocycles. The number of alkyl halides is 3. The van der Waals surface area contributed by atoms with E-state index in [4.69, 9.17) is 16.3 Å². The molecule has 35 heavy (non-hydrogen) atoms. The lowest BCUT2D eigenvalue weighted by Gasteiger charge is -2.31. The molecular formula is C23H27ClF4N4O3. The lowest BCUT2D eigenvalue weighted by atomic mass is 9.75. The maximum atomic E-state index is 14.9. The molecule has 0 saturated heterocycles. The van der Waals surface area contributed by atoms with Crippen LogP contribution in [0.4, 0.5) is 17.6 Å². The summed E-state index contributed by atoms with van der Waals surface area (Å²) in [6.45, 7) is 11.6. The Balaban J connectivity index is 2.90. The second-order valence-electron chi connectivity index (χ2n) is 9.91. The highest BCUT2D eigenvalue weighted by atomic mass is 35.5. The van der Waals surface area contributed by atoms with Gasteiger partial charge >= 0.3 is 11.9 Å². The summed E-state index contributed by atoms with van der Waals surface area (Å²) in [6.07, 6.45) is -5.14. The van der Waals surface area contributed by atoms with E-state index in [1.807, 2.05) is 41.5 Å². The first-order valence-electron chi connectivity index (χ1n) is 10.4. The molecule has 0 aliphatic heterocycles. The van der Waals surface area contributed by atoms with E-state index in [1.165, 1.54) is 7.11 Å². The molecule has 2 aromatic rings. The molecule has 0 bridgehead atoms. The number of aromatic amines is 1. The molecule has 2 rings (SSSR count). The summed E-state index contributed by atoms with van der Waals surface area (Å²) < 4.78 is 61.7. The van der Waals surface area contributed by atoms with Gasteiger partial charge in [-0.1, -0.05) is 53.1 Å². The predicted octanol–water partition coefficient (Wildman–Crippen LogP) is 5.39. The molecule has 0 aliphatic carbocycles. The average Bonchev–Trinajstić information content (AvgIpc) is 2.66. The van der Waals surface area contributed by atoms with Crippen molar-refractivity contribution in [3.05, 3.63) is 55.1 Å². The van der Waals surface area contributed by atoms with Crippen molar-refractivity contribution in [1.29, 1.82) is 0 Å². The van der Waals surface area contributed by atoms with Gasteiger partial charge in [-0.3, -0.25) is 14.3 Å².